The number of carbonyl (C=O) groups is 3. The molecule has 0 bridgehead atoms. The largest absolute Gasteiger partial charge is 0.380 e. The normalized spacial score (nSPS) is 14.4. The van der Waals surface area contributed by atoms with Crippen LogP contribution in [-0.2, 0) is 47.5 Å². The lowest BCUT2D eigenvalue weighted by Crippen LogP contribution is -2.61. The van der Waals surface area contributed by atoms with Crippen molar-refractivity contribution in [2.45, 2.75) is 85.0 Å². The Hall–Kier alpha value is -1.91. The molecule has 0 fully saturated rings. The van der Waals surface area contributed by atoms with Crippen LogP contribution in [0.1, 0.15) is 61.3 Å². The third-order valence-corrected chi connectivity index (χ3v) is 7.71. The SMILES string of the molecule is CC[C@H](C)[C@@H]([C@@H](C)OC)N(C)C(=O)[C@@H](NC(=O)C(C)(C)NC(=O)CCOCCOCCOCCOCCOCCOCCN)C(C)C. The van der Waals surface area contributed by atoms with Crippen molar-refractivity contribution in [1.82, 2.24) is 15.5 Å². The fraction of sp³-hybridized carbons (Fsp3) is 0.909. The number of amides is 3. The number of rotatable bonds is 30. The smallest absolute Gasteiger partial charge is 0.245 e. The van der Waals surface area contributed by atoms with E-state index < -0.39 is 17.5 Å². The van der Waals surface area contributed by atoms with E-state index in [1.165, 1.54) is 0 Å². The van der Waals surface area contributed by atoms with Crippen LogP contribution in [0.5, 0.6) is 0 Å². The third kappa shape index (κ3) is 20.3. The van der Waals surface area contributed by atoms with Crippen LogP contribution in [0.2, 0.25) is 0 Å². The van der Waals surface area contributed by atoms with Crippen LogP contribution >= 0.6 is 0 Å². The van der Waals surface area contributed by atoms with Crippen LogP contribution in [0.25, 0.3) is 0 Å². The van der Waals surface area contributed by atoms with Gasteiger partial charge in [0.1, 0.15) is 11.6 Å². The summed E-state index contributed by atoms with van der Waals surface area (Å²) in [5.41, 5.74) is 4.10. The molecule has 3 amide bonds. The van der Waals surface area contributed by atoms with Crippen LogP contribution in [0, 0.1) is 11.8 Å². The van der Waals surface area contributed by atoms with Crippen LogP contribution in [0.15, 0.2) is 0 Å². The molecule has 0 aromatic heterocycles. The molecular weight excluding hydrogens is 612 g/mol. The maximum absolute atomic E-state index is 13.6. The van der Waals surface area contributed by atoms with Crippen molar-refractivity contribution in [2.24, 2.45) is 17.6 Å². The molecule has 0 aliphatic rings. The summed E-state index contributed by atoms with van der Waals surface area (Å²) < 4.78 is 38.0. The number of hydrogen-bond donors (Lipinski definition) is 3. The summed E-state index contributed by atoms with van der Waals surface area (Å²) in [4.78, 5) is 41.1. The van der Waals surface area contributed by atoms with E-state index >= 15 is 0 Å². The van der Waals surface area contributed by atoms with Gasteiger partial charge < -0.3 is 54.4 Å². The fourth-order valence-electron chi connectivity index (χ4n) is 4.66. The molecule has 0 aromatic carbocycles. The van der Waals surface area contributed by atoms with Crippen molar-refractivity contribution in [1.29, 1.82) is 0 Å². The number of ether oxygens (including phenoxy) is 7. The van der Waals surface area contributed by atoms with Gasteiger partial charge >= 0.3 is 0 Å². The van der Waals surface area contributed by atoms with E-state index in [-0.39, 0.29) is 48.8 Å². The number of hydrogen-bond acceptors (Lipinski definition) is 11. The zero-order valence-corrected chi connectivity index (χ0v) is 30.6. The molecule has 0 aromatic rings. The van der Waals surface area contributed by atoms with Crippen molar-refractivity contribution in [2.75, 3.05) is 100.0 Å². The molecule has 0 aliphatic carbocycles. The first-order chi connectivity index (χ1) is 22.3. The van der Waals surface area contributed by atoms with E-state index in [1.54, 1.807) is 32.9 Å². The van der Waals surface area contributed by atoms with Crippen LogP contribution in [-0.4, -0.2) is 146 Å². The first-order valence-corrected chi connectivity index (χ1v) is 16.9. The molecular formula is C33H66N4O10. The average Bonchev–Trinajstić information content (AvgIpc) is 3.03. The minimum absolute atomic E-state index is 0.0771. The lowest BCUT2D eigenvalue weighted by Gasteiger charge is -2.39. The molecule has 47 heavy (non-hydrogen) atoms. The number of nitrogens with one attached hydrogen (secondary N) is 2. The Bertz CT molecular complexity index is 823. The molecule has 0 heterocycles. The molecule has 278 valence electrons. The standard InChI is InChI=1S/C33H66N4O10/c1-10-26(4)30(27(5)41-9)37(8)31(39)29(25(2)3)35-32(40)33(6,7)36-28(38)11-13-42-15-17-44-19-21-46-23-24-47-22-20-45-18-16-43-14-12-34/h25-27,29-30H,10-24,34H2,1-9H3,(H,35,40)(H,36,38)/t26-,27+,29-,30-/m0/s1. The van der Waals surface area contributed by atoms with Gasteiger partial charge in [0, 0.05) is 27.1 Å². The van der Waals surface area contributed by atoms with Crippen molar-refractivity contribution < 1.29 is 47.5 Å². The minimum Gasteiger partial charge on any atom is -0.380 e. The van der Waals surface area contributed by atoms with Crippen molar-refractivity contribution in [3.05, 3.63) is 0 Å². The monoisotopic (exact) mass is 678 g/mol. The zero-order chi connectivity index (χ0) is 35.7. The van der Waals surface area contributed by atoms with Crippen molar-refractivity contribution >= 4 is 17.7 Å². The van der Waals surface area contributed by atoms with Crippen molar-refractivity contribution in [3.63, 3.8) is 0 Å². The number of carbonyl (C=O) groups excluding carboxylic acids is 3. The maximum Gasteiger partial charge on any atom is 0.245 e. The Kier molecular flexibility index (Phi) is 25.9. The lowest BCUT2D eigenvalue weighted by molar-refractivity contribution is -0.143. The predicted octanol–water partition coefficient (Wildman–Crippen LogP) is 1.38. The molecule has 0 rings (SSSR count). The maximum atomic E-state index is 13.6. The first kappa shape index (κ1) is 45.1. The summed E-state index contributed by atoms with van der Waals surface area (Å²) in [5.74, 6) is -0.934. The molecule has 0 saturated heterocycles. The molecule has 0 aliphatic heterocycles. The molecule has 0 radical (unpaired) electrons. The van der Waals surface area contributed by atoms with E-state index in [4.69, 9.17) is 38.9 Å². The first-order valence-electron chi connectivity index (χ1n) is 16.9. The van der Waals surface area contributed by atoms with E-state index in [2.05, 4.69) is 24.5 Å². The van der Waals surface area contributed by atoms with E-state index in [9.17, 15) is 14.4 Å². The summed E-state index contributed by atoms with van der Waals surface area (Å²) in [5, 5.41) is 5.63. The lowest BCUT2D eigenvalue weighted by atomic mass is 9.92. The van der Waals surface area contributed by atoms with E-state index in [0.29, 0.717) is 79.2 Å². The summed E-state index contributed by atoms with van der Waals surface area (Å²) in [6.07, 6.45) is 0.780. The highest BCUT2D eigenvalue weighted by Gasteiger charge is 2.38. The molecule has 4 atom stereocenters. The van der Waals surface area contributed by atoms with Gasteiger partial charge in [-0.15, -0.1) is 0 Å². The topological polar surface area (TPSA) is 169 Å². The average molecular weight is 679 g/mol. The van der Waals surface area contributed by atoms with Gasteiger partial charge in [-0.3, -0.25) is 14.4 Å². The van der Waals surface area contributed by atoms with Crippen LogP contribution in [0.3, 0.4) is 0 Å². The second kappa shape index (κ2) is 27.0. The number of methoxy groups -OCH3 is 1. The number of nitrogens with zero attached hydrogens (tertiary/aromatic N) is 1. The van der Waals surface area contributed by atoms with Gasteiger partial charge in [0.25, 0.3) is 0 Å². The van der Waals surface area contributed by atoms with Gasteiger partial charge in [0.05, 0.1) is 91.4 Å². The molecule has 0 spiro atoms. The summed E-state index contributed by atoms with van der Waals surface area (Å²) in [6.45, 7) is 18.8. The summed E-state index contributed by atoms with van der Waals surface area (Å²) >= 11 is 0. The van der Waals surface area contributed by atoms with Crippen LogP contribution in [0.4, 0.5) is 0 Å². The highest BCUT2D eigenvalue weighted by molar-refractivity contribution is 5.94. The number of likely N-dealkylation sites (N-methyl/N-ethyl adjacent to an activating group) is 1. The van der Waals surface area contributed by atoms with Crippen LogP contribution < -0.4 is 16.4 Å². The molecule has 14 nitrogen and oxygen atoms in total. The fourth-order valence-corrected chi connectivity index (χ4v) is 4.66. The Balaban J connectivity index is 4.26. The summed E-state index contributed by atoms with van der Waals surface area (Å²) in [6, 6.07) is -0.910. The van der Waals surface area contributed by atoms with Gasteiger partial charge in [-0.2, -0.15) is 0 Å². The Morgan fingerprint density at radius 1 is 0.745 bits per heavy atom. The molecule has 0 unspecified atom stereocenters. The van der Waals surface area contributed by atoms with E-state index in [1.807, 2.05) is 20.8 Å². The van der Waals surface area contributed by atoms with Gasteiger partial charge in [0.15, 0.2) is 0 Å². The zero-order valence-electron chi connectivity index (χ0n) is 30.6. The Labute approximate surface area is 283 Å². The van der Waals surface area contributed by atoms with Gasteiger partial charge in [-0.25, -0.2) is 0 Å². The number of nitrogens with two attached hydrogens (primary N) is 1. The third-order valence-electron chi connectivity index (χ3n) is 7.71. The Morgan fingerprint density at radius 2 is 1.17 bits per heavy atom. The Morgan fingerprint density at radius 3 is 1.55 bits per heavy atom. The highest BCUT2D eigenvalue weighted by atomic mass is 16.6. The molecule has 0 saturated carbocycles. The highest BCUT2D eigenvalue weighted by Crippen LogP contribution is 2.21. The minimum atomic E-state index is -1.24. The molecule has 4 N–H and O–H groups in total. The van der Waals surface area contributed by atoms with Gasteiger partial charge in [-0.05, 0) is 32.6 Å². The molecule has 14 heteroatoms. The van der Waals surface area contributed by atoms with Gasteiger partial charge in [0.2, 0.25) is 17.7 Å². The summed E-state index contributed by atoms with van der Waals surface area (Å²) in [7, 11) is 3.38. The second-order valence-corrected chi connectivity index (χ2v) is 12.3. The van der Waals surface area contributed by atoms with Gasteiger partial charge in [-0.1, -0.05) is 34.1 Å². The van der Waals surface area contributed by atoms with E-state index in [0.717, 1.165) is 6.42 Å². The van der Waals surface area contributed by atoms with Crippen molar-refractivity contribution in [3.8, 4) is 0 Å². The predicted molar refractivity (Wildman–Crippen MR) is 180 cm³/mol. The second-order valence-electron chi connectivity index (χ2n) is 12.3. The quantitative estimate of drug-likeness (QED) is 0.0939.